The largest absolute Gasteiger partial charge is 0.378 e. The molecule has 0 radical (unpaired) electrons. The highest BCUT2D eigenvalue weighted by molar-refractivity contribution is 5.12. The Hall–Kier alpha value is -0.340. The maximum absolute atomic E-state index is 5.72. The van der Waals surface area contributed by atoms with E-state index in [1.807, 2.05) is 0 Å². The van der Waals surface area contributed by atoms with Crippen LogP contribution in [0.1, 0.15) is 78.1 Å². The second kappa shape index (κ2) is 9.63. The highest BCUT2D eigenvalue weighted by Crippen LogP contribution is 2.35. The van der Waals surface area contributed by atoms with Gasteiger partial charge in [0, 0.05) is 12.6 Å². The Balaban J connectivity index is 1.84. The SMILES string of the molecule is CCCNC(CC1CC(OCC)C1)C1=CCCCCCC1. The van der Waals surface area contributed by atoms with Crippen molar-refractivity contribution in [1.29, 1.82) is 0 Å². The van der Waals surface area contributed by atoms with Crippen LogP contribution in [0.2, 0.25) is 0 Å². The van der Waals surface area contributed by atoms with E-state index in [1.165, 1.54) is 64.2 Å². The lowest BCUT2D eigenvalue weighted by Crippen LogP contribution is -2.39. The van der Waals surface area contributed by atoms with Crippen molar-refractivity contribution < 1.29 is 4.74 Å². The Morgan fingerprint density at radius 3 is 2.76 bits per heavy atom. The topological polar surface area (TPSA) is 21.3 Å². The molecule has 122 valence electrons. The second-order valence-corrected chi connectivity index (χ2v) is 6.89. The standard InChI is InChI=1S/C19H35NO/c1-3-12-20-19(15-16-13-18(14-16)21-4-2)17-10-8-6-5-7-9-11-17/h10,16,18-20H,3-9,11-15H2,1-2H3. The number of rotatable bonds is 8. The van der Waals surface area contributed by atoms with E-state index in [9.17, 15) is 0 Å². The van der Waals surface area contributed by atoms with Crippen LogP contribution in [0.3, 0.4) is 0 Å². The summed E-state index contributed by atoms with van der Waals surface area (Å²) in [5.41, 5.74) is 1.71. The molecule has 21 heavy (non-hydrogen) atoms. The van der Waals surface area contributed by atoms with Crippen LogP contribution in [0.15, 0.2) is 11.6 Å². The van der Waals surface area contributed by atoms with Crippen molar-refractivity contribution >= 4 is 0 Å². The van der Waals surface area contributed by atoms with Gasteiger partial charge in [0.25, 0.3) is 0 Å². The van der Waals surface area contributed by atoms with Crippen molar-refractivity contribution in [1.82, 2.24) is 5.32 Å². The Bertz CT molecular complexity index is 307. The number of ether oxygens (including phenoxy) is 1. The van der Waals surface area contributed by atoms with Gasteiger partial charge in [0.15, 0.2) is 0 Å². The lowest BCUT2D eigenvalue weighted by Gasteiger charge is -2.38. The first-order valence-corrected chi connectivity index (χ1v) is 9.37. The van der Waals surface area contributed by atoms with Gasteiger partial charge < -0.3 is 10.1 Å². The van der Waals surface area contributed by atoms with E-state index in [0.29, 0.717) is 12.1 Å². The molecule has 2 heteroatoms. The van der Waals surface area contributed by atoms with Gasteiger partial charge in [-0.15, -0.1) is 0 Å². The lowest BCUT2D eigenvalue weighted by atomic mass is 9.76. The molecule has 1 atom stereocenters. The zero-order valence-electron chi connectivity index (χ0n) is 14.2. The van der Waals surface area contributed by atoms with Gasteiger partial charge in [-0.2, -0.15) is 0 Å². The molecule has 0 heterocycles. The van der Waals surface area contributed by atoms with Gasteiger partial charge in [-0.3, -0.25) is 0 Å². The van der Waals surface area contributed by atoms with E-state index in [0.717, 1.165) is 19.1 Å². The third-order valence-electron chi connectivity index (χ3n) is 5.08. The number of nitrogens with one attached hydrogen (secondary N) is 1. The fourth-order valence-corrected chi connectivity index (χ4v) is 3.79. The van der Waals surface area contributed by atoms with Crippen LogP contribution < -0.4 is 5.32 Å². The van der Waals surface area contributed by atoms with Crippen LogP contribution >= 0.6 is 0 Å². The summed E-state index contributed by atoms with van der Waals surface area (Å²) in [7, 11) is 0. The molecular weight excluding hydrogens is 258 g/mol. The first-order chi connectivity index (χ1) is 10.3. The molecule has 0 saturated heterocycles. The minimum absolute atomic E-state index is 0.554. The second-order valence-electron chi connectivity index (χ2n) is 6.89. The van der Waals surface area contributed by atoms with Crippen molar-refractivity contribution in [3.8, 4) is 0 Å². The lowest BCUT2D eigenvalue weighted by molar-refractivity contribution is -0.0282. The summed E-state index contributed by atoms with van der Waals surface area (Å²) < 4.78 is 5.72. The van der Waals surface area contributed by atoms with E-state index >= 15 is 0 Å². The zero-order valence-corrected chi connectivity index (χ0v) is 14.2. The summed E-state index contributed by atoms with van der Waals surface area (Å²) in [5.74, 6) is 0.877. The van der Waals surface area contributed by atoms with Crippen LogP contribution in [0.4, 0.5) is 0 Å². The van der Waals surface area contributed by atoms with E-state index in [2.05, 4.69) is 25.2 Å². The van der Waals surface area contributed by atoms with Crippen molar-refractivity contribution in [2.24, 2.45) is 5.92 Å². The van der Waals surface area contributed by atoms with Crippen molar-refractivity contribution in [2.45, 2.75) is 90.2 Å². The predicted molar refractivity (Wildman–Crippen MR) is 90.6 cm³/mol. The van der Waals surface area contributed by atoms with Crippen molar-refractivity contribution in [3.63, 3.8) is 0 Å². The zero-order chi connectivity index (χ0) is 14.9. The maximum atomic E-state index is 5.72. The van der Waals surface area contributed by atoms with Gasteiger partial charge >= 0.3 is 0 Å². The molecule has 0 aromatic carbocycles. The third kappa shape index (κ3) is 5.75. The average molecular weight is 293 g/mol. The van der Waals surface area contributed by atoms with Crippen LogP contribution in [-0.4, -0.2) is 25.3 Å². The molecule has 2 aliphatic rings. The number of hydrogen-bond donors (Lipinski definition) is 1. The van der Waals surface area contributed by atoms with E-state index < -0.39 is 0 Å². The molecular formula is C19H35NO. The molecule has 0 aromatic heterocycles. The normalized spacial score (nSPS) is 28.2. The molecule has 1 N–H and O–H groups in total. The van der Waals surface area contributed by atoms with Crippen LogP contribution in [0.5, 0.6) is 0 Å². The molecule has 0 amide bonds. The molecule has 1 saturated carbocycles. The number of hydrogen-bond acceptors (Lipinski definition) is 2. The van der Waals surface area contributed by atoms with Crippen LogP contribution in [0, 0.1) is 5.92 Å². The smallest absolute Gasteiger partial charge is 0.0580 e. The van der Waals surface area contributed by atoms with E-state index in [1.54, 1.807) is 5.57 Å². The van der Waals surface area contributed by atoms with Gasteiger partial charge in [0.05, 0.1) is 6.10 Å². The first-order valence-electron chi connectivity index (χ1n) is 9.37. The summed E-state index contributed by atoms with van der Waals surface area (Å²) >= 11 is 0. The minimum atomic E-state index is 0.554. The fraction of sp³-hybridized carbons (Fsp3) is 0.895. The fourth-order valence-electron chi connectivity index (χ4n) is 3.79. The molecule has 0 aliphatic heterocycles. The molecule has 0 bridgehead atoms. The van der Waals surface area contributed by atoms with Gasteiger partial charge in [-0.05, 0) is 70.8 Å². The highest BCUT2D eigenvalue weighted by atomic mass is 16.5. The summed E-state index contributed by atoms with van der Waals surface area (Å²) in [6.45, 7) is 6.41. The summed E-state index contributed by atoms with van der Waals surface area (Å²) in [4.78, 5) is 0. The van der Waals surface area contributed by atoms with Gasteiger partial charge in [0.2, 0.25) is 0 Å². The van der Waals surface area contributed by atoms with Gasteiger partial charge in [0.1, 0.15) is 0 Å². The predicted octanol–water partition coefficient (Wildman–Crippen LogP) is 4.84. The third-order valence-corrected chi connectivity index (χ3v) is 5.08. The maximum Gasteiger partial charge on any atom is 0.0580 e. The molecule has 0 aromatic rings. The van der Waals surface area contributed by atoms with Crippen LogP contribution in [0.25, 0.3) is 0 Å². The summed E-state index contributed by atoms with van der Waals surface area (Å²) in [6.07, 6.45) is 16.5. The van der Waals surface area contributed by atoms with Gasteiger partial charge in [-0.1, -0.05) is 31.4 Å². The minimum Gasteiger partial charge on any atom is -0.378 e. The molecule has 2 rings (SSSR count). The average Bonchev–Trinajstić information content (AvgIpc) is 2.40. The van der Waals surface area contributed by atoms with E-state index in [4.69, 9.17) is 4.74 Å². The Morgan fingerprint density at radius 2 is 2.00 bits per heavy atom. The Morgan fingerprint density at radius 1 is 1.19 bits per heavy atom. The molecule has 2 nitrogen and oxygen atoms in total. The Labute approximate surface area is 131 Å². The molecule has 1 fully saturated rings. The monoisotopic (exact) mass is 293 g/mol. The highest BCUT2D eigenvalue weighted by Gasteiger charge is 2.32. The quantitative estimate of drug-likeness (QED) is 0.647. The molecule has 2 aliphatic carbocycles. The van der Waals surface area contributed by atoms with Crippen molar-refractivity contribution in [2.75, 3.05) is 13.2 Å². The molecule has 1 unspecified atom stereocenters. The summed E-state index contributed by atoms with van der Waals surface area (Å²) in [5, 5.41) is 3.82. The summed E-state index contributed by atoms with van der Waals surface area (Å²) in [6, 6.07) is 0.635. The number of allylic oxidation sites excluding steroid dienone is 1. The first kappa shape index (κ1) is 17.0. The van der Waals surface area contributed by atoms with Gasteiger partial charge in [-0.25, -0.2) is 0 Å². The Kier molecular flexibility index (Phi) is 7.81. The van der Waals surface area contributed by atoms with Crippen LogP contribution in [-0.2, 0) is 4.74 Å². The molecule has 0 spiro atoms. The van der Waals surface area contributed by atoms with E-state index in [-0.39, 0.29) is 0 Å². The van der Waals surface area contributed by atoms with Crippen molar-refractivity contribution in [3.05, 3.63) is 11.6 Å².